The Balaban J connectivity index is 1.76. The van der Waals surface area contributed by atoms with Crippen LogP contribution >= 0.6 is 11.8 Å². The standard InChI is InChI=1S/C18H18N4O2S/c1-3-24-17-7-5-4-6-15(17)22-18(19-20-21-22)25-12-16(23)14-10-8-13(2)9-11-14/h4-11H,3,12H2,1-2H3. The van der Waals surface area contributed by atoms with Crippen LogP contribution in [0.5, 0.6) is 5.75 Å². The average Bonchev–Trinajstić information content (AvgIpc) is 3.09. The minimum absolute atomic E-state index is 0.0395. The van der Waals surface area contributed by atoms with Crippen LogP contribution in [-0.2, 0) is 0 Å². The van der Waals surface area contributed by atoms with Gasteiger partial charge < -0.3 is 4.74 Å². The Labute approximate surface area is 150 Å². The molecule has 0 fully saturated rings. The van der Waals surface area contributed by atoms with Crippen LogP contribution in [-0.4, -0.2) is 38.4 Å². The van der Waals surface area contributed by atoms with Crippen molar-refractivity contribution in [2.75, 3.05) is 12.4 Å². The van der Waals surface area contributed by atoms with Gasteiger partial charge in [-0.25, -0.2) is 0 Å². The quantitative estimate of drug-likeness (QED) is 0.479. The van der Waals surface area contributed by atoms with E-state index in [-0.39, 0.29) is 11.5 Å². The molecule has 0 aliphatic rings. The second-order valence-electron chi connectivity index (χ2n) is 5.35. The third kappa shape index (κ3) is 4.06. The van der Waals surface area contributed by atoms with Gasteiger partial charge in [0.1, 0.15) is 11.4 Å². The van der Waals surface area contributed by atoms with Gasteiger partial charge in [-0.15, -0.1) is 5.10 Å². The van der Waals surface area contributed by atoms with E-state index in [1.54, 1.807) is 4.68 Å². The fourth-order valence-electron chi connectivity index (χ4n) is 2.28. The summed E-state index contributed by atoms with van der Waals surface area (Å²) in [5, 5.41) is 12.4. The summed E-state index contributed by atoms with van der Waals surface area (Å²) in [6.07, 6.45) is 0. The van der Waals surface area contributed by atoms with Crippen LogP contribution in [0.15, 0.2) is 53.7 Å². The number of thioether (sulfide) groups is 1. The van der Waals surface area contributed by atoms with Crippen LogP contribution in [0, 0.1) is 6.92 Å². The van der Waals surface area contributed by atoms with Gasteiger partial charge in [-0.1, -0.05) is 53.7 Å². The van der Waals surface area contributed by atoms with Crippen molar-refractivity contribution in [2.45, 2.75) is 19.0 Å². The Kier molecular flexibility index (Phi) is 5.45. The van der Waals surface area contributed by atoms with Gasteiger partial charge in [-0.3, -0.25) is 4.79 Å². The van der Waals surface area contributed by atoms with Crippen LogP contribution in [0.1, 0.15) is 22.8 Å². The normalized spacial score (nSPS) is 10.6. The van der Waals surface area contributed by atoms with Crippen molar-refractivity contribution in [3.63, 3.8) is 0 Å². The molecular weight excluding hydrogens is 336 g/mol. The summed E-state index contributed by atoms with van der Waals surface area (Å²) in [6, 6.07) is 15.1. The first kappa shape index (κ1) is 17.2. The van der Waals surface area contributed by atoms with Gasteiger partial charge in [0.05, 0.1) is 12.4 Å². The number of carbonyl (C=O) groups excluding carboxylic acids is 1. The van der Waals surface area contributed by atoms with Crippen molar-refractivity contribution in [3.05, 3.63) is 59.7 Å². The zero-order chi connectivity index (χ0) is 17.6. The SMILES string of the molecule is CCOc1ccccc1-n1nnnc1SCC(=O)c1ccc(C)cc1. The summed E-state index contributed by atoms with van der Waals surface area (Å²) in [5.74, 6) is 1.00. The number of Topliss-reactive ketones (excluding diaryl/α,β-unsaturated/α-hetero) is 1. The number of rotatable bonds is 7. The van der Waals surface area contributed by atoms with E-state index in [9.17, 15) is 4.79 Å². The zero-order valence-electron chi connectivity index (χ0n) is 14.0. The Morgan fingerprint density at radius 3 is 2.68 bits per heavy atom. The lowest BCUT2D eigenvalue weighted by atomic mass is 10.1. The summed E-state index contributed by atoms with van der Waals surface area (Å²) >= 11 is 1.30. The van der Waals surface area contributed by atoms with E-state index in [1.807, 2.05) is 62.4 Å². The number of nitrogens with zero attached hydrogens (tertiary/aromatic N) is 4. The summed E-state index contributed by atoms with van der Waals surface area (Å²) in [6.45, 7) is 4.47. The third-order valence-corrected chi connectivity index (χ3v) is 4.46. The second-order valence-corrected chi connectivity index (χ2v) is 6.29. The Bertz CT molecular complexity index is 862. The number of benzene rings is 2. The highest BCUT2D eigenvalue weighted by atomic mass is 32.2. The van der Waals surface area contributed by atoms with Crippen molar-refractivity contribution in [1.82, 2.24) is 20.2 Å². The molecule has 0 saturated carbocycles. The number of ether oxygens (including phenoxy) is 1. The fourth-order valence-corrected chi connectivity index (χ4v) is 3.06. The smallest absolute Gasteiger partial charge is 0.214 e. The molecule has 0 unspecified atom stereocenters. The molecule has 25 heavy (non-hydrogen) atoms. The maximum absolute atomic E-state index is 12.3. The van der Waals surface area contributed by atoms with E-state index < -0.39 is 0 Å². The van der Waals surface area contributed by atoms with Gasteiger partial charge in [0.2, 0.25) is 5.16 Å². The molecule has 6 nitrogen and oxygen atoms in total. The molecule has 0 spiro atoms. The van der Waals surface area contributed by atoms with Gasteiger partial charge in [-0.2, -0.15) is 4.68 Å². The lowest BCUT2D eigenvalue weighted by Crippen LogP contribution is -2.06. The number of tetrazole rings is 1. The minimum Gasteiger partial charge on any atom is -0.492 e. The Morgan fingerprint density at radius 2 is 1.92 bits per heavy atom. The number of ketones is 1. The van der Waals surface area contributed by atoms with Gasteiger partial charge in [-0.05, 0) is 36.4 Å². The summed E-state index contributed by atoms with van der Waals surface area (Å²) in [7, 11) is 0. The average molecular weight is 354 g/mol. The number of aryl methyl sites for hydroxylation is 1. The lowest BCUT2D eigenvalue weighted by molar-refractivity contribution is 0.102. The monoisotopic (exact) mass is 354 g/mol. The summed E-state index contributed by atoms with van der Waals surface area (Å²) < 4.78 is 7.22. The number of aromatic nitrogens is 4. The van der Waals surface area contributed by atoms with E-state index >= 15 is 0 Å². The zero-order valence-corrected chi connectivity index (χ0v) is 14.9. The highest BCUT2D eigenvalue weighted by Gasteiger charge is 2.15. The molecule has 0 amide bonds. The largest absolute Gasteiger partial charge is 0.492 e. The number of para-hydroxylation sites is 2. The van der Waals surface area contributed by atoms with Gasteiger partial charge >= 0.3 is 0 Å². The first-order chi connectivity index (χ1) is 12.2. The molecule has 3 rings (SSSR count). The predicted octanol–water partition coefficient (Wildman–Crippen LogP) is 3.34. The fraction of sp³-hybridized carbons (Fsp3) is 0.222. The lowest BCUT2D eigenvalue weighted by Gasteiger charge is -2.10. The summed E-state index contributed by atoms with van der Waals surface area (Å²) in [4.78, 5) is 12.3. The van der Waals surface area contributed by atoms with E-state index in [4.69, 9.17) is 4.74 Å². The molecule has 128 valence electrons. The highest BCUT2D eigenvalue weighted by Crippen LogP contribution is 2.26. The molecule has 0 radical (unpaired) electrons. The van der Waals surface area contributed by atoms with Crippen LogP contribution in [0.2, 0.25) is 0 Å². The molecule has 0 saturated heterocycles. The van der Waals surface area contributed by atoms with Crippen molar-refractivity contribution in [2.24, 2.45) is 0 Å². The molecule has 0 N–H and O–H groups in total. The predicted molar refractivity (Wildman–Crippen MR) is 96.6 cm³/mol. The van der Waals surface area contributed by atoms with E-state index in [0.29, 0.717) is 23.1 Å². The molecule has 1 aromatic heterocycles. The molecule has 1 heterocycles. The number of hydrogen-bond donors (Lipinski definition) is 0. The third-order valence-electron chi connectivity index (χ3n) is 3.54. The van der Waals surface area contributed by atoms with Crippen molar-refractivity contribution < 1.29 is 9.53 Å². The van der Waals surface area contributed by atoms with Gasteiger partial charge in [0.15, 0.2) is 5.78 Å². The first-order valence-electron chi connectivity index (χ1n) is 7.92. The van der Waals surface area contributed by atoms with E-state index in [1.165, 1.54) is 11.8 Å². The maximum atomic E-state index is 12.3. The van der Waals surface area contributed by atoms with Crippen molar-refractivity contribution in [1.29, 1.82) is 0 Å². The van der Waals surface area contributed by atoms with Crippen molar-refractivity contribution >= 4 is 17.5 Å². The minimum atomic E-state index is 0.0395. The van der Waals surface area contributed by atoms with Crippen LogP contribution in [0.25, 0.3) is 5.69 Å². The molecule has 0 bridgehead atoms. The molecule has 0 aliphatic heterocycles. The molecule has 0 atom stereocenters. The maximum Gasteiger partial charge on any atom is 0.214 e. The highest BCUT2D eigenvalue weighted by molar-refractivity contribution is 7.99. The van der Waals surface area contributed by atoms with E-state index in [0.717, 1.165) is 11.3 Å². The molecule has 7 heteroatoms. The Hall–Kier alpha value is -2.67. The van der Waals surface area contributed by atoms with Crippen LogP contribution in [0.4, 0.5) is 0 Å². The number of carbonyl (C=O) groups is 1. The molecule has 0 aliphatic carbocycles. The van der Waals surface area contributed by atoms with Gasteiger partial charge in [0, 0.05) is 5.56 Å². The first-order valence-corrected chi connectivity index (χ1v) is 8.91. The van der Waals surface area contributed by atoms with E-state index in [2.05, 4.69) is 15.5 Å². The Morgan fingerprint density at radius 1 is 1.16 bits per heavy atom. The van der Waals surface area contributed by atoms with Crippen LogP contribution in [0.3, 0.4) is 0 Å². The van der Waals surface area contributed by atoms with Crippen LogP contribution < -0.4 is 4.74 Å². The molecule has 2 aromatic carbocycles. The second kappa shape index (κ2) is 7.94. The number of hydrogen-bond acceptors (Lipinski definition) is 6. The summed E-state index contributed by atoms with van der Waals surface area (Å²) in [5.41, 5.74) is 2.56. The topological polar surface area (TPSA) is 69.9 Å². The van der Waals surface area contributed by atoms with Gasteiger partial charge in [0.25, 0.3) is 0 Å². The molecular formula is C18H18N4O2S. The van der Waals surface area contributed by atoms with Crippen molar-refractivity contribution in [3.8, 4) is 11.4 Å². The molecule has 3 aromatic rings.